The number of benzene rings is 4. The third kappa shape index (κ3) is 10.1. The summed E-state index contributed by atoms with van der Waals surface area (Å²) in [6, 6.07) is 34.5. The van der Waals surface area contributed by atoms with Crippen LogP contribution in [-0.2, 0) is 77.8 Å². The Morgan fingerprint density at radius 2 is 1.22 bits per heavy atom. The Hall–Kier alpha value is -5.72. The van der Waals surface area contributed by atoms with Crippen molar-refractivity contribution in [2.45, 2.75) is 101 Å². The molecule has 1 unspecified atom stereocenters. The molecular formula is C48H50O16. The second kappa shape index (κ2) is 20.4. The molecule has 16 heteroatoms. The predicted molar refractivity (Wildman–Crippen MR) is 222 cm³/mol. The molecule has 0 N–H and O–H groups in total. The molecule has 0 aromatic heterocycles. The lowest BCUT2D eigenvalue weighted by atomic mass is 9.95. The summed E-state index contributed by atoms with van der Waals surface area (Å²) in [6.45, 7) is 3.09. The maximum Gasteiger partial charge on any atom is 0.508 e. The zero-order valence-corrected chi connectivity index (χ0v) is 35.7. The number of carbonyl (C=O) groups is 4. The minimum atomic E-state index is -1.67. The summed E-state index contributed by atoms with van der Waals surface area (Å²) in [6.07, 6.45) is -14.5. The summed E-state index contributed by atoms with van der Waals surface area (Å²) in [5.41, 5.74) is 5.57. The zero-order chi connectivity index (χ0) is 44.7. The van der Waals surface area contributed by atoms with Gasteiger partial charge in [-0.05, 0) is 27.8 Å². The molecule has 11 atom stereocenters. The van der Waals surface area contributed by atoms with Gasteiger partial charge in [-0.1, -0.05) is 109 Å². The largest absolute Gasteiger partial charge is 0.508 e. The van der Waals surface area contributed by atoms with Crippen LogP contribution >= 0.6 is 0 Å². The first-order chi connectivity index (χ1) is 31.1. The predicted octanol–water partition coefficient (Wildman–Crippen LogP) is 5.93. The van der Waals surface area contributed by atoms with Crippen LogP contribution in [0.1, 0.15) is 55.2 Å². The fourth-order valence-corrected chi connectivity index (χ4v) is 8.61. The van der Waals surface area contributed by atoms with Gasteiger partial charge in [0.05, 0.1) is 13.2 Å². The van der Waals surface area contributed by atoms with Gasteiger partial charge in [-0.3, -0.25) is 14.4 Å². The third-order valence-electron chi connectivity index (χ3n) is 11.4. The van der Waals surface area contributed by atoms with Gasteiger partial charge in [0.2, 0.25) is 0 Å². The lowest BCUT2D eigenvalue weighted by molar-refractivity contribution is -0.395. The van der Waals surface area contributed by atoms with Crippen molar-refractivity contribution in [3.8, 4) is 11.1 Å². The highest BCUT2D eigenvalue weighted by atomic mass is 16.8. The Bertz CT molecular complexity index is 2190. The smallest absolute Gasteiger partial charge is 0.463 e. The number of carbonyl (C=O) groups excluding carboxylic acids is 4. The van der Waals surface area contributed by atoms with E-state index in [0.29, 0.717) is 0 Å². The van der Waals surface area contributed by atoms with Gasteiger partial charge < -0.3 is 56.8 Å². The van der Waals surface area contributed by atoms with Crippen molar-refractivity contribution in [2.24, 2.45) is 0 Å². The average molecular weight is 883 g/mol. The molecule has 4 aliphatic rings. The highest BCUT2D eigenvalue weighted by molar-refractivity contribution is 5.79. The highest BCUT2D eigenvalue weighted by Crippen LogP contribution is 2.45. The molecule has 64 heavy (non-hydrogen) atoms. The molecule has 0 amide bonds. The Morgan fingerprint density at radius 1 is 0.594 bits per heavy atom. The number of hydrogen-bond acceptors (Lipinski definition) is 16. The van der Waals surface area contributed by atoms with E-state index in [1.807, 2.05) is 109 Å². The van der Waals surface area contributed by atoms with Crippen molar-refractivity contribution in [2.75, 3.05) is 26.9 Å². The van der Waals surface area contributed by atoms with E-state index in [9.17, 15) is 19.2 Å². The van der Waals surface area contributed by atoms with E-state index in [2.05, 4.69) is 0 Å². The van der Waals surface area contributed by atoms with Crippen LogP contribution in [-0.4, -0.2) is 112 Å². The van der Waals surface area contributed by atoms with Gasteiger partial charge in [-0.2, -0.15) is 0 Å². The van der Waals surface area contributed by atoms with E-state index in [0.717, 1.165) is 47.2 Å². The molecule has 1 aliphatic carbocycles. The van der Waals surface area contributed by atoms with Crippen LogP contribution in [0, 0.1) is 0 Å². The van der Waals surface area contributed by atoms with Crippen LogP contribution in [0.2, 0.25) is 0 Å². The molecule has 338 valence electrons. The fraction of sp³-hybridized carbons (Fsp3) is 0.417. The van der Waals surface area contributed by atoms with Gasteiger partial charge in [0.25, 0.3) is 0 Å². The molecule has 3 heterocycles. The monoisotopic (exact) mass is 882 g/mol. The van der Waals surface area contributed by atoms with E-state index < -0.39 is 98.4 Å². The van der Waals surface area contributed by atoms with Gasteiger partial charge >= 0.3 is 24.1 Å². The van der Waals surface area contributed by atoms with Gasteiger partial charge in [0.15, 0.2) is 37.2 Å². The number of rotatable bonds is 14. The van der Waals surface area contributed by atoms with Crippen LogP contribution in [0.5, 0.6) is 0 Å². The SMILES string of the molecule is CO[C@H]1O[C@@H]2COC(c3ccccc3)O[C@H]2[C@H](OCc2ccccc2)[C@H]1O[C@@H]1O[C@H](COC(C)=O)[C@@H](OC(C)=O)[C@H](OC(C)=O)[C@H]1OC(=O)OCC1c2ccccc2-c2ccccc21. The van der Waals surface area contributed by atoms with Gasteiger partial charge in [-0.25, -0.2) is 4.79 Å². The molecule has 0 bridgehead atoms. The van der Waals surface area contributed by atoms with E-state index in [1.54, 1.807) is 0 Å². The van der Waals surface area contributed by atoms with Crippen molar-refractivity contribution in [1.29, 1.82) is 0 Å². The molecule has 0 radical (unpaired) electrons. The quantitative estimate of drug-likeness (QED) is 0.107. The zero-order valence-electron chi connectivity index (χ0n) is 35.7. The molecule has 4 aromatic carbocycles. The Morgan fingerprint density at radius 3 is 1.86 bits per heavy atom. The number of esters is 3. The third-order valence-corrected chi connectivity index (χ3v) is 11.4. The molecule has 3 saturated heterocycles. The fourth-order valence-electron chi connectivity index (χ4n) is 8.61. The number of fused-ring (bicyclic) bond motifs is 4. The minimum Gasteiger partial charge on any atom is -0.463 e. The van der Waals surface area contributed by atoms with Gasteiger partial charge in [-0.15, -0.1) is 0 Å². The Labute approximate surface area is 369 Å². The van der Waals surface area contributed by atoms with Crippen molar-refractivity contribution in [1.82, 2.24) is 0 Å². The second-order valence-electron chi connectivity index (χ2n) is 15.7. The highest BCUT2D eigenvalue weighted by Gasteiger charge is 2.58. The van der Waals surface area contributed by atoms with Crippen LogP contribution in [0.15, 0.2) is 109 Å². The van der Waals surface area contributed by atoms with E-state index in [4.69, 9.17) is 56.8 Å². The summed E-state index contributed by atoms with van der Waals surface area (Å²) in [4.78, 5) is 51.6. The standard InChI is InChI=1S/C48H50O16/c1-27(49)54-25-37-40(58-28(2)50)42(59-29(3)51)44(64-48(52)57-24-36-34-21-13-11-19-32(34)33-20-12-14-22-35(33)36)47(61-37)63-43-41(55-23-30-15-7-5-8-16-30)39-38(60-46(43)53-4)26-56-45(62-39)31-17-9-6-10-18-31/h5-22,36-47H,23-26H2,1-4H3/t37-,38-,39-,40-,41+,42+,43-,44-,45?,46+,47+/m1/s1. The van der Waals surface area contributed by atoms with Crippen molar-refractivity contribution in [3.05, 3.63) is 131 Å². The first-order valence-corrected chi connectivity index (χ1v) is 21.0. The molecular weight excluding hydrogens is 833 g/mol. The molecule has 16 nitrogen and oxygen atoms in total. The topological polar surface area (TPSA) is 179 Å². The van der Waals surface area contributed by atoms with Crippen molar-refractivity contribution >= 4 is 24.1 Å². The maximum atomic E-state index is 14.0. The first kappa shape index (κ1) is 44.9. The Balaban J connectivity index is 1.13. The van der Waals surface area contributed by atoms with Gasteiger partial charge in [0, 0.05) is 39.4 Å². The summed E-state index contributed by atoms with van der Waals surface area (Å²) >= 11 is 0. The minimum absolute atomic E-state index is 0.107. The Kier molecular flexibility index (Phi) is 14.3. The van der Waals surface area contributed by atoms with E-state index in [-0.39, 0.29) is 25.7 Å². The second-order valence-corrected chi connectivity index (χ2v) is 15.7. The first-order valence-electron chi connectivity index (χ1n) is 21.0. The van der Waals surface area contributed by atoms with E-state index in [1.165, 1.54) is 14.0 Å². The summed E-state index contributed by atoms with van der Waals surface area (Å²) < 4.78 is 73.6. The summed E-state index contributed by atoms with van der Waals surface area (Å²) in [5.74, 6) is -2.60. The van der Waals surface area contributed by atoms with E-state index >= 15 is 0 Å². The van der Waals surface area contributed by atoms with Crippen LogP contribution in [0.3, 0.4) is 0 Å². The van der Waals surface area contributed by atoms with Crippen molar-refractivity contribution in [3.63, 3.8) is 0 Å². The molecule has 3 fully saturated rings. The molecule has 3 aliphatic heterocycles. The van der Waals surface area contributed by atoms with Gasteiger partial charge in [0.1, 0.15) is 43.7 Å². The number of ether oxygens (including phenoxy) is 12. The maximum absolute atomic E-state index is 14.0. The molecule has 0 saturated carbocycles. The van der Waals surface area contributed by atoms with Crippen molar-refractivity contribution < 1.29 is 76.0 Å². The lowest BCUT2D eigenvalue weighted by Crippen LogP contribution is -2.67. The summed E-state index contributed by atoms with van der Waals surface area (Å²) in [5, 5.41) is 0. The van der Waals surface area contributed by atoms with Crippen LogP contribution in [0.25, 0.3) is 11.1 Å². The summed E-state index contributed by atoms with van der Waals surface area (Å²) in [7, 11) is 1.42. The normalized spacial score (nSPS) is 28.4. The number of hydrogen-bond donors (Lipinski definition) is 0. The molecule has 0 spiro atoms. The van der Waals surface area contributed by atoms with Crippen LogP contribution in [0.4, 0.5) is 4.79 Å². The molecule has 4 aromatic rings. The number of methoxy groups -OCH3 is 1. The lowest BCUT2D eigenvalue weighted by Gasteiger charge is -2.50. The average Bonchev–Trinajstić information content (AvgIpc) is 3.62. The molecule has 8 rings (SSSR count). The van der Waals surface area contributed by atoms with Crippen LogP contribution < -0.4 is 0 Å².